The van der Waals surface area contributed by atoms with E-state index in [4.69, 9.17) is 13.6 Å². The van der Waals surface area contributed by atoms with E-state index in [1.54, 1.807) is 6.26 Å². The molecular weight excluding hydrogens is 266 g/mol. The summed E-state index contributed by atoms with van der Waals surface area (Å²) in [6.07, 6.45) is 1.61. The quantitative estimate of drug-likeness (QED) is 0.401. The lowest BCUT2D eigenvalue weighted by atomic mass is 10.0. The van der Waals surface area contributed by atoms with Crippen LogP contribution in [0.25, 0.3) is 33.3 Å². The molecule has 21 heavy (non-hydrogen) atoms. The minimum absolute atomic E-state index is 0.524. The number of furan rings is 2. The van der Waals surface area contributed by atoms with Gasteiger partial charge in [0.25, 0.3) is 5.69 Å². The maximum Gasteiger partial charge on any atom is 0.302 e. The Morgan fingerprint density at radius 3 is 2.86 bits per heavy atom. The van der Waals surface area contributed by atoms with Crippen LogP contribution in [0.4, 0.5) is 0 Å². The van der Waals surface area contributed by atoms with E-state index in [1.807, 2.05) is 26.1 Å². The molecule has 1 aromatic carbocycles. The second-order valence-corrected chi connectivity index (χ2v) is 5.37. The highest BCUT2D eigenvalue weighted by Gasteiger charge is 2.35. The second kappa shape index (κ2) is 3.47. The average Bonchev–Trinajstić information content (AvgIpc) is 3.02. The fraction of sp³-hybridized carbons (Fsp3) is 0.118. The third-order valence-corrected chi connectivity index (χ3v) is 4.18. The van der Waals surface area contributed by atoms with Crippen molar-refractivity contribution in [2.24, 2.45) is 7.05 Å². The zero-order valence-electron chi connectivity index (χ0n) is 11.6. The Bertz CT molecular complexity index is 1040. The van der Waals surface area contributed by atoms with Gasteiger partial charge in [-0.2, -0.15) is 4.57 Å². The monoisotopic (exact) mass is 278 g/mol. The van der Waals surface area contributed by atoms with Crippen LogP contribution >= 0.6 is 0 Å². The van der Waals surface area contributed by atoms with Gasteiger partial charge in [0.1, 0.15) is 30.0 Å². The first-order valence-electron chi connectivity index (χ1n) is 6.84. The Morgan fingerprint density at radius 1 is 1.10 bits per heavy atom. The molecule has 4 heteroatoms. The summed E-state index contributed by atoms with van der Waals surface area (Å²) in [7, 11) is 2.05. The summed E-state index contributed by atoms with van der Waals surface area (Å²) in [5.74, 6) is 2.92. The van der Waals surface area contributed by atoms with Crippen molar-refractivity contribution in [2.75, 3.05) is 0 Å². The Balaban J connectivity index is 2.01. The highest BCUT2D eigenvalue weighted by atomic mass is 16.5. The molecule has 0 unspecified atom stereocenters. The van der Waals surface area contributed by atoms with Crippen LogP contribution in [0.1, 0.15) is 5.76 Å². The smallest absolute Gasteiger partial charge is 0.302 e. The number of pyridine rings is 1. The normalized spacial score (nSPS) is 12.7. The van der Waals surface area contributed by atoms with E-state index >= 15 is 0 Å². The van der Waals surface area contributed by atoms with Crippen molar-refractivity contribution >= 4 is 22.1 Å². The number of hydrogen-bond donors (Lipinski definition) is 0. The molecule has 5 rings (SSSR count). The molecule has 102 valence electrons. The van der Waals surface area contributed by atoms with Crippen molar-refractivity contribution in [1.29, 1.82) is 0 Å². The third kappa shape index (κ3) is 1.22. The molecule has 3 aromatic heterocycles. The molecule has 0 radical (unpaired) electrons. The Labute approximate surface area is 120 Å². The molecule has 0 amide bonds. The van der Waals surface area contributed by atoms with Crippen molar-refractivity contribution in [3.05, 3.63) is 42.4 Å². The van der Waals surface area contributed by atoms with E-state index in [1.165, 1.54) is 0 Å². The highest BCUT2D eigenvalue weighted by molar-refractivity contribution is 6.00. The molecular formula is C17H12NO3+. The number of hydrogen-bond acceptors (Lipinski definition) is 3. The molecule has 1 aliphatic heterocycles. The largest absolute Gasteiger partial charge is 0.446 e. The van der Waals surface area contributed by atoms with Crippen molar-refractivity contribution in [3.8, 4) is 22.8 Å². The Hall–Kier alpha value is -2.75. The van der Waals surface area contributed by atoms with E-state index in [9.17, 15) is 0 Å². The van der Waals surface area contributed by atoms with Crippen LogP contribution in [-0.2, 0) is 7.05 Å². The number of benzene rings is 1. The first kappa shape index (κ1) is 11.0. The van der Waals surface area contributed by atoms with Gasteiger partial charge in [0.05, 0.1) is 5.39 Å². The van der Waals surface area contributed by atoms with E-state index in [0.29, 0.717) is 5.78 Å². The summed E-state index contributed by atoms with van der Waals surface area (Å²) in [5, 5.41) is 2.06. The van der Waals surface area contributed by atoms with Gasteiger partial charge in [0, 0.05) is 12.1 Å². The van der Waals surface area contributed by atoms with Gasteiger partial charge in [0.15, 0.2) is 5.75 Å². The van der Waals surface area contributed by atoms with Gasteiger partial charge in [-0.25, -0.2) is 0 Å². The van der Waals surface area contributed by atoms with Crippen molar-refractivity contribution in [2.45, 2.75) is 6.92 Å². The number of ether oxygens (including phenoxy) is 1. The lowest BCUT2D eigenvalue weighted by Gasteiger charge is -2.14. The first-order valence-corrected chi connectivity index (χ1v) is 6.84. The fourth-order valence-electron chi connectivity index (χ4n) is 3.25. The molecule has 0 aliphatic carbocycles. The molecule has 4 nitrogen and oxygen atoms in total. The minimum Gasteiger partial charge on any atom is -0.446 e. The van der Waals surface area contributed by atoms with Crippen LogP contribution in [0.15, 0.2) is 45.4 Å². The first-order chi connectivity index (χ1) is 10.2. The zero-order valence-corrected chi connectivity index (χ0v) is 11.6. The lowest BCUT2D eigenvalue weighted by Crippen LogP contribution is -2.33. The molecule has 0 bridgehead atoms. The van der Waals surface area contributed by atoms with Gasteiger partial charge in [-0.1, -0.05) is 12.1 Å². The van der Waals surface area contributed by atoms with Gasteiger partial charge in [0.2, 0.25) is 11.3 Å². The maximum absolute atomic E-state index is 6.02. The number of fused-ring (bicyclic) bond motifs is 3. The molecule has 0 saturated carbocycles. The number of rotatable bonds is 0. The van der Waals surface area contributed by atoms with E-state index in [2.05, 4.69) is 22.8 Å². The molecule has 4 heterocycles. The van der Waals surface area contributed by atoms with Gasteiger partial charge >= 0.3 is 5.78 Å². The standard InChI is InChI=1S/C17H12NO3/c1-9-14-15-13(8-19-17(15)20-9)21-12-7-10-5-3-4-6-11(10)18(2)16(12)14/h3-8H,1-2H3/q+1. The minimum atomic E-state index is 0.524. The molecule has 0 atom stereocenters. The average molecular weight is 278 g/mol. The Morgan fingerprint density at radius 2 is 1.95 bits per heavy atom. The third-order valence-electron chi connectivity index (χ3n) is 4.18. The van der Waals surface area contributed by atoms with Crippen LogP contribution in [0, 0.1) is 6.92 Å². The SMILES string of the molecule is Cc1oc2occ3c2c1-c1c(cc2ccccc2[n+]1C)O3. The predicted octanol–water partition coefficient (Wildman–Crippen LogP) is 4.08. The topological polar surface area (TPSA) is 39.4 Å². The zero-order chi connectivity index (χ0) is 14.1. The van der Waals surface area contributed by atoms with Crippen molar-refractivity contribution < 1.29 is 18.1 Å². The fourth-order valence-corrected chi connectivity index (χ4v) is 3.25. The van der Waals surface area contributed by atoms with E-state index in [-0.39, 0.29) is 0 Å². The summed E-state index contributed by atoms with van der Waals surface area (Å²) < 4.78 is 19.3. The summed E-state index contributed by atoms with van der Waals surface area (Å²) in [6.45, 7) is 1.96. The van der Waals surface area contributed by atoms with E-state index < -0.39 is 0 Å². The number of para-hydroxylation sites is 1. The molecule has 0 spiro atoms. The molecule has 0 saturated heterocycles. The summed E-state index contributed by atoms with van der Waals surface area (Å²) in [5.41, 5.74) is 3.24. The number of aryl methyl sites for hydroxylation is 2. The van der Waals surface area contributed by atoms with Crippen molar-refractivity contribution in [1.82, 2.24) is 0 Å². The van der Waals surface area contributed by atoms with Crippen molar-refractivity contribution in [3.63, 3.8) is 0 Å². The van der Waals surface area contributed by atoms with Crippen LogP contribution < -0.4 is 9.30 Å². The molecule has 0 fully saturated rings. The molecule has 0 N–H and O–H groups in total. The van der Waals surface area contributed by atoms with Crippen LogP contribution in [0.5, 0.6) is 11.5 Å². The molecule has 4 aromatic rings. The van der Waals surface area contributed by atoms with Gasteiger partial charge < -0.3 is 13.6 Å². The van der Waals surface area contributed by atoms with Crippen LogP contribution in [0.2, 0.25) is 0 Å². The summed E-state index contributed by atoms with van der Waals surface area (Å²) >= 11 is 0. The predicted molar refractivity (Wildman–Crippen MR) is 77.4 cm³/mol. The second-order valence-electron chi connectivity index (χ2n) is 5.37. The van der Waals surface area contributed by atoms with E-state index in [0.717, 1.165) is 44.8 Å². The number of aromatic nitrogens is 1. The van der Waals surface area contributed by atoms with Crippen LogP contribution in [0.3, 0.4) is 0 Å². The van der Waals surface area contributed by atoms with Crippen LogP contribution in [-0.4, -0.2) is 0 Å². The maximum atomic E-state index is 6.02. The van der Waals surface area contributed by atoms with Gasteiger partial charge in [-0.15, -0.1) is 0 Å². The summed E-state index contributed by atoms with van der Waals surface area (Å²) in [6, 6.07) is 10.3. The molecule has 1 aliphatic rings. The highest BCUT2D eigenvalue weighted by Crippen LogP contribution is 2.49. The van der Waals surface area contributed by atoms with Gasteiger partial charge in [-0.3, -0.25) is 0 Å². The Kier molecular flexibility index (Phi) is 1.81. The summed E-state index contributed by atoms with van der Waals surface area (Å²) in [4.78, 5) is 0. The van der Waals surface area contributed by atoms with Gasteiger partial charge in [-0.05, 0) is 13.0 Å². The lowest BCUT2D eigenvalue weighted by molar-refractivity contribution is -0.633. The number of nitrogens with zero attached hydrogens (tertiary/aromatic N) is 1.